The van der Waals surface area contributed by atoms with Crippen molar-refractivity contribution >= 4 is 23.1 Å². The van der Waals surface area contributed by atoms with Gasteiger partial charge in [0.15, 0.2) is 5.82 Å². The fourth-order valence-corrected chi connectivity index (χ4v) is 2.61. The van der Waals surface area contributed by atoms with Crippen LogP contribution in [0.15, 0.2) is 9.90 Å². The van der Waals surface area contributed by atoms with Crippen LogP contribution in [0.2, 0.25) is 0 Å². The monoisotopic (exact) mass is 284 g/mol. The summed E-state index contributed by atoms with van der Waals surface area (Å²) in [7, 11) is 0. The molecule has 0 saturated carbocycles. The lowest BCUT2D eigenvalue weighted by Gasteiger charge is -2.03. The molecule has 0 fully saturated rings. The van der Waals surface area contributed by atoms with E-state index in [4.69, 9.17) is 10.3 Å². The molecule has 0 saturated heterocycles. The highest BCUT2D eigenvalue weighted by Gasteiger charge is 2.15. The van der Waals surface area contributed by atoms with Gasteiger partial charge >= 0.3 is 0 Å². The van der Waals surface area contributed by atoms with Crippen molar-refractivity contribution in [1.29, 1.82) is 0 Å². The number of rotatable bonds is 6. The smallest absolute Gasteiger partial charge is 0.243 e. The van der Waals surface area contributed by atoms with Gasteiger partial charge in [-0.2, -0.15) is 16.7 Å². The second-order valence-electron chi connectivity index (χ2n) is 3.97. The fourth-order valence-electron chi connectivity index (χ4n) is 1.51. The number of nitrogens with two attached hydrogens (primary N) is 1. The highest BCUT2D eigenvalue weighted by atomic mass is 32.2. The minimum atomic E-state index is -0.170. The molecule has 0 amide bonds. The maximum atomic E-state index is 5.97. The van der Waals surface area contributed by atoms with Crippen molar-refractivity contribution in [2.75, 3.05) is 12.0 Å². The van der Waals surface area contributed by atoms with Crippen molar-refractivity contribution in [3.8, 4) is 0 Å². The summed E-state index contributed by atoms with van der Waals surface area (Å²) < 4.78 is 5.18. The largest absolute Gasteiger partial charge is 0.338 e. The topological polar surface area (TPSA) is 77.8 Å². The zero-order chi connectivity index (χ0) is 13.0. The molecular formula is C11H16N4OS2. The molecule has 1 atom stereocenters. The highest BCUT2D eigenvalue weighted by Crippen LogP contribution is 2.16. The van der Waals surface area contributed by atoms with Crippen LogP contribution in [0.5, 0.6) is 0 Å². The molecule has 7 heteroatoms. The van der Waals surface area contributed by atoms with Gasteiger partial charge in [0.2, 0.25) is 5.89 Å². The lowest BCUT2D eigenvalue weighted by molar-refractivity contribution is 0.349. The molecule has 18 heavy (non-hydrogen) atoms. The van der Waals surface area contributed by atoms with E-state index in [2.05, 4.69) is 21.4 Å². The summed E-state index contributed by atoms with van der Waals surface area (Å²) in [5.41, 5.74) is 6.94. The average molecular weight is 284 g/mol. The molecule has 0 radical (unpaired) electrons. The minimum absolute atomic E-state index is 0.170. The predicted molar refractivity (Wildman–Crippen MR) is 73.9 cm³/mol. The summed E-state index contributed by atoms with van der Waals surface area (Å²) in [6, 6.07) is -0.170. The maximum absolute atomic E-state index is 5.97. The first-order chi connectivity index (χ1) is 8.69. The van der Waals surface area contributed by atoms with E-state index in [9.17, 15) is 0 Å². The Bertz CT molecular complexity index is 497. The van der Waals surface area contributed by atoms with Crippen LogP contribution in [0, 0.1) is 6.92 Å². The van der Waals surface area contributed by atoms with Gasteiger partial charge in [-0.3, -0.25) is 0 Å². The van der Waals surface area contributed by atoms with Gasteiger partial charge in [-0.05, 0) is 25.4 Å². The van der Waals surface area contributed by atoms with Gasteiger partial charge in [-0.1, -0.05) is 5.16 Å². The van der Waals surface area contributed by atoms with Crippen molar-refractivity contribution in [3.63, 3.8) is 0 Å². The van der Waals surface area contributed by atoms with Crippen molar-refractivity contribution in [2.45, 2.75) is 25.8 Å². The van der Waals surface area contributed by atoms with Crippen molar-refractivity contribution in [3.05, 3.63) is 27.8 Å². The normalized spacial score (nSPS) is 12.8. The quantitative estimate of drug-likeness (QED) is 0.876. The van der Waals surface area contributed by atoms with Gasteiger partial charge in [-0.25, -0.2) is 4.98 Å². The van der Waals surface area contributed by atoms with E-state index >= 15 is 0 Å². The lowest BCUT2D eigenvalue weighted by atomic mass is 10.2. The van der Waals surface area contributed by atoms with Crippen LogP contribution in [0.25, 0.3) is 0 Å². The first kappa shape index (κ1) is 13.5. The van der Waals surface area contributed by atoms with Gasteiger partial charge in [-0.15, -0.1) is 11.3 Å². The molecule has 98 valence electrons. The number of thiazole rings is 1. The summed E-state index contributed by atoms with van der Waals surface area (Å²) in [6.45, 7) is 1.98. The van der Waals surface area contributed by atoms with Gasteiger partial charge in [0.1, 0.15) is 0 Å². The zero-order valence-electron chi connectivity index (χ0n) is 10.4. The summed E-state index contributed by atoms with van der Waals surface area (Å²) in [6.07, 6.45) is 3.50. The van der Waals surface area contributed by atoms with E-state index in [-0.39, 0.29) is 6.04 Å². The Labute approximate surface area is 114 Å². The second kappa shape index (κ2) is 6.31. The Morgan fingerprint density at radius 3 is 3.00 bits per heavy atom. The summed E-state index contributed by atoms with van der Waals surface area (Å²) in [4.78, 5) is 8.69. The molecule has 2 N–H and O–H groups in total. The van der Waals surface area contributed by atoms with Crippen LogP contribution in [-0.2, 0) is 6.42 Å². The Morgan fingerprint density at radius 1 is 1.50 bits per heavy atom. The standard InChI is InChI=1S/C11H16N4OS2/c1-7-13-8(6-18-7)5-10-14-11(16-15-10)9(12)3-4-17-2/h6,9H,3-5,12H2,1-2H3/t9-/m1/s1. The second-order valence-corrected chi connectivity index (χ2v) is 6.02. The number of thioether (sulfide) groups is 1. The molecular weight excluding hydrogens is 268 g/mol. The number of aromatic nitrogens is 3. The molecule has 0 aliphatic carbocycles. The van der Waals surface area contributed by atoms with Crippen LogP contribution in [0.3, 0.4) is 0 Å². The molecule has 0 aromatic carbocycles. The fraction of sp³-hybridized carbons (Fsp3) is 0.545. The van der Waals surface area contributed by atoms with Crippen LogP contribution >= 0.6 is 23.1 Å². The van der Waals surface area contributed by atoms with E-state index in [1.807, 2.05) is 12.3 Å². The first-order valence-corrected chi connectivity index (χ1v) is 7.94. The molecule has 2 rings (SSSR count). The third-order valence-corrected chi connectivity index (χ3v) is 3.91. The molecule has 0 aliphatic heterocycles. The first-order valence-electron chi connectivity index (χ1n) is 5.67. The summed E-state index contributed by atoms with van der Waals surface area (Å²) in [5.74, 6) is 2.16. The number of aryl methyl sites for hydroxylation is 1. The van der Waals surface area contributed by atoms with E-state index in [1.165, 1.54) is 0 Å². The molecule has 0 spiro atoms. The van der Waals surface area contributed by atoms with Gasteiger partial charge < -0.3 is 10.3 Å². The van der Waals surface area contributed by atoms with Crippen molar-refractivity contribution < 1.29 is 4.52 Å². The third kappa shape index (κ3) is 3.54. The molecule has 2 aromatic heterocycles. The average Bonchev–Trinajstić information content (AvgIpc) is 2.96. The minimum Gasteiger partial charge on any atom is -0.338 e. The Kier molecular flexibility index (Phi) is 4.73. The molecule has 2 aromatic rings. The van der Waals surface area contributed by atoms with E-state index < -0.39 is 0 Å². The number of nitrogens with zero attached hydrogens (tertiary/aromatic N) is 3. The van der Waals surface area contributed by atoms with E-state index in [0.717, 1.165) is 22.9 Å². The van der Waals surface area contributed by atoms with Crippen LogP contribution in [0.1, 0.15) is 34.9 Å². The van der Waals surface area contributed by atoms with Gasteiger partial charge in [0.05, 0.1) is 23.2 Å². The zero-order valence-corrected chi connectivity index (χ0v) is 12.1. The van der Waals surface area contributed by atoms with E-state index in [0.29, 0.717) is 18.1 Å². The molecule has 5 nitrogen and oxygen atoms in total. The highest BCUT2D eigenvalue weighted by molar-refractivity contribution is 7.98. The Morgan fingerprint density at radius 2 is 2.33 bits per heavy atom. The summed E-state index contributed by atoms with van der Waals surface area (Å²) in [5, 5.41) is 7.00. The molecule has 0 bridgehead atoms. The van der Waals surface area contributed by atoms with E-state index in [1.54, 1.807) is 23.1 Å². The Hall–Kier alpha value is -0.920. The van der Waals surface area contributed by atoms with Crippen LogP contribution in [-0.4, -0.2) is 27.1 Å². The summed E-state index contributed by atoms with van der Waals surface area (Å²) >= 11 is 3.38. The SMILES string of the molecule is CSCC[C@@H](N)c1nc(Cc2csc(C)n2)no1. The molecule has 0 unspecified atom stereocenters. The number of hydrogen-bond acceptors (Lipinski definition) is 7. The predicted octanol–water partition coefficient (Wildman–Crippen LogP) is 2.18. The van der Waals surface area contributed by atoms with Gasteiger partial charge in [0.25, 0.3) is 0 Å². The molecule has 2 heterocycles. The van der Waals surface area contributed by atoms with Crippen molar-refractivity contribution in [1.82, 2.24) is 15.1 Å². The lowest BCUT2D eigenvalue weighted by Crippen LogP contribution is -2.11. The molecule has 0 aliphatic rings. The van der Waals surface area contributed by atoms with Crippen LogP contribution in [0.4, 0.5) is 0 Å². The number of hydrogen-bond donors (Lipinski definition) is 1. The van der Waals surface area contributed by atoms with Crippen molar-refractivity contribution in [2.24, 2.45) is 5.73 Å². The maximum Gasteiger partial charge on any atom is 0.243 e. The van der Waals surface area contributed by atoms with Crippen LogP contribution < -0.4 is 5.73 Å². The van der Waals surface area contributed by atoms with Gasteiger partial charge in [0, 0.05) is 5.38 Å². The Balaban J connectivity index is 1.97. The third-order valence-electron chi connectivity index (χ3n) is 2.44.